The van der Waals surface area contributed by atoms with Crippen LogP contribution in [0.4, 0.5) is 5.69 Å². The van der Waals surface area contributed by atoms with E-state index < -0.39 is 0 Å². The number of fused-ring (bicyclic) bond motifs is 1. The first kappa shape index (κ1) is 20.5. The van der Waals surface area contributed by atoms with Crippen molar-refractivity contribution in [3.8, 4) is 17.2 Å². The largest absolute Gasteiger partial charge is 0.493 e. The highest BCUT2D eigenvalue weighted by Gasteiger charge is 2.33. The molecular formula is C25H23NO5. The summed E-state index contributed by atoms with van der Waals surface area (Å²) in [6.45, 7) is 1.65. The molecule has 4 rings (SSSR count). The summed E-state index contributed by atoms with van der Waals surface area (Å²) < 4.78 is 17.1. The summed E-state index contributed by atoms with van der Waals surface area (Å²) in [6, 6.07) is 21.9. The first-order chi connectivity index (χ1) is 15.1. The van der Waals surface area contributed by atoms with E-state index in [2.05, 4.69) is 0 Å². The Labute approximate surface area is 181 Å². The second kappa shape index (κ2) is 8.92. The molecule has 1 unspecified atom stereocenters. The van der Waals surface area contributed by atoms with Crippen LogP contribution in [0, 0.1) is 0 Å². The fraction of sp³-hybridized carbons (Fsp3) is 0.200. The summed E-state index contributed by atoms with van der Waals surface area (Å²) in [5, 5.41) is 0. The number of methoxy groups -OCH3 is 1. The van der Waals surface area contributed by atoms with Crippen LogP contribution < -0.4 is 19.1 Å². The topological polar surface area (TPSA) is 65.1 Å². The molecule has 0 bridgehead atoms. The second-order valence-corrected chi connectivity index (χ2v) is 7.18. The van der Waals surface area contributed by atoms with Crippen molar-refractivity contribution in [1.82, 2.24) is 0 Å². The Hall–Kier alpha value is -3.80. The minimum atomic E-state index is -0.269. The maximum absolute atomic E-state index is 13.3. The molecule has 0 saturated heterocycles. The Morgan fingerprint density at radius 1 is 1.00 bits per heavy atom. The first-order valence-electron chi connectivity index (χ1n) is 9.99. The van der Waals surface area contributed by atoms with Gasteiger partial charge in [0.25, 0.3) is 5.91 Å². The van der Waals surface area contributed by atoms with E-state index in [0.29, 0.717) is 35.1 Å². The number of benzene rings is 3. The van der Waals surface area contributed by atoms with Gasteiger partial charge in [-0.15, -0.1) is 0 Å². The monoisotopic (exact) mass is 417 g/mol. The van der Waals surface area contributed by atoms with Crippen LogP contribution in [-0.2, 0) is 4.79 Å². The molecule has 0 saturated carbocycles. The van der Waals surface area contributed by atoms with Crippen molar-refractivity contribution in [3.05, 3.63) is 83.9 Å². The summed E-state index contributed by atoms with van der Waals surface area (Å²) in [5.41, 5.74) is 2.20. The van der Waals surface area contributed by atoms with Crippen LogP contribution in [0.2, 0.25) is 0 Å². The standard InChI is InChI=1S/C25H23NO5/c1-17(27)19-12-13-23(24(14-19)29-2)31-16-25(28)26-20-10-6-7-11-22(20)30-15-21(26)18-8-4-3-5-9-18/h3-14,21H,15-16H2,1-2H3. The van der Waals surface area contributed by atoms with E-state index >= 15 is 0 Å². The number of Topliss-reactive ketones (excluding diaryl/α,β-unsaturated/α-hetero) is 1. The predicted octanol–water partition coefficient (Wildman–Crippen LogP) is 4.44. The van der Waals surface area contributed by atoms with Gasteiger partial charge in [0.15, 0.2) is 23.9 Å². The molecule has 0 aliphatic carbocycles. The molecule has 0 aromatic heterocycles. The Morgan fingerprint density at radius 2 is 1.74 bits per heavy atom. The summed E-state index contributed by atoms with van der Waals surface area (Å²) >= 11 is 0. The number of hydrogen-bond donors (Lipinski definition) is 0. The van der Waals surface area contributed by atoms with Crippen LogP contribution >= 0.6 is 0 Å². The van der Waals surface area contributed by atoms with Crippen molar-refractivity contribution in [2.24, 2.45) is 0 Å². The molecule has 6 nitrogen and oxygen atoms in total. The normalized spacial score (nSPS) is 14.9. The lowest BCUT2D eigenvalue weighted by atomic mass is 10.0. The number of carbonyl (C=O) groups excluding carboxylic acids is 2. The third-order valence-electron chi connectivity index (χ3n) is 5.21. The van der Waals surface area contributed by atoms with Crippen molar-refractivity contribution in [2.75, 3.05) is 25.2 Å². The fourth-order valence-corrected chi connectivity index (χ4v) is 3.63. The number of amides is 1. The second-order valence-electron chi connectivity index (χ2n) is 7.18. The highest BCUT2D eigenvalue weighted by molar-refractivity contribution is 5.97. The highest BCUT2D eigenvalue weighted by atomic mass is 16.5. The van der Waals surface area contributed by atoms with Gasteiger partial charge < -0.3 is 14.2 Å². The summed E-state index contributed by atoms with van der Waals surface area (Å²) in [5.74, 6) is 1.19. The van der Waals surface area contributed by atoms with Crippen LogP contribution in [0.25, 0.3) is 0 Å². The van der Waals surface area contributed by atoms with Crippen molar-refractivity contribution in [2.45, 2.75) is 13.0 Å². The van der Waals surface area contributed by atoms with E-state index in [1.165, 1.54) is 14.0 Å². The summed E-state index contributed by atoms with van der Waals surface area (Å²) in [6.07, 6.45) is 0. The molecule has 158 valence electrons. The Morgan fingerprint density at radius 3 is 2.48 bits per heavy atom. The van der Waals surface area contributed by atoms with E-state index in [1.54, 1.807) is 23.1 Å². The molecule has 31 heavy (non-hydrogen) atoms. The van der Waals surface area contributed by atoms with Crippen molar-refractivity contribution < 1.29 is 23.8 Å². The van der Waals surface area contributed by atoms with Gasteiger partial charge in [0.1, 0.15) is 12.4 Å². The van der Waals surface area contributed by atoms with E-state index in [0.717, 1.165) is 5.56 Å². The van der Waals surface area contributed by atoms with Gasteiger partial charge in [0.2, 0.25) is 0 Å². The zero-order valence-electron chi connectivity index (χ0n) is 17.4. The average Bonchev–Trinajstić information content (AvgIpc) is 2.82. The fourth-order valence-electron chi connectivity index (χ4n) is 3.63. The van der Waals surface area contributed by atoms with Crippen LogP contribution in [0.1, 0.15) is 28.9 Å². The zero-order chi connectivity index (χ0) is 21.8. The Balaban J connectivity index is 1.60. The van der Waals surface area contributed by atoms with E-state index in [1.807, 2.05) is 54.6 Å². The minimum Gasteiger partial charge on any atom is -0.493 e. The predicted molar refractivity (Wildman–Crippen MR) is 117 cm³/mol. The number of ether oxygens (including phenoxy) is 3. The Kier molecular flexibility index (Phi) is 5.89. The highest BCUT2D eigenvalue weighted by Crippen LogP contribution is 2.39. The van der Waals surface area contributed by atoms with Gasteiger partial charge in [-0.1, -0.05) is 42.5 Å². The number of para-hydroxylation sites is 2. The number of anilines is 1. The number of nitrogens with zero attached hydrogens (tertiary/aromatic N) is 1. The van der Waals surface area contributed by atoms with E-state index in [-0.39, 0.29) is 24.3 Å². The minimum absolute atomic E-state index is 0.0726. The van der Waals surface area contributed by atoms with Crippen molar-refractivity contribution >= 4 is 17.4 Å². The van der Waals surface area contributed by atoms with E-state index in [4.69, 9.17) is 14.2 Å². The van der Waals surface area contributed by atoms with Gasteiger partial charge in [-0.2, -0.15) is 0 Å². The molecule has 1 amide bonds. The molecule has 0 fully saturated rings. The van der Waals surface area contributed by atoms with Gasteiger partial charge >= 0.3 is 0 Å². The molecule has 1 aliphatic heterocycles. The van der Waals surface area contributed by atoms with Crippen LogP contribution in [0.5, 0.6) is 17.2 Å². The molecule has 1 heterocycles. The molecule has 0 spiro atoms. The van der Waals surface area contributed by atoms with Gasteiger partial charge in [-0.3, -0.25) is 14.5 Å². The lowest BCUT2D eigenvalue weighted by Crippen LogP contribution is -2.43. The summed E-state index contributed by atoms with van der Waals surface area (Å²) in [7, 11) is 1.50. The zero-order valence-corrected chi connectivity index (χ0v) is 17.4. The molecule has 6 heteroatoms. The van der Waals surface area contributed by atoms with Gasteiger partial charge in [-0.25, -0.2) is 0 Å². The molecule has 3 aromatic carbocycles. The molecule has 1 atom stereocenters. The maximum Gasteiger partial charge on any atom is 0.265 e. The van der Waals surface area contributed by atoms with Gasteiger partial charge in [0, 0.05) is 5.56 Å². The van der Waals surface area contributed by atoms with Crippen LogP contribution in [0.3, 0.4) is 0 Å². The molecule has 0 radical (unpaired) electrons. The lowest BCUT2D eigenvalue weighted by molar-refractivity contribution is -0.121. The van der Waals surface area contributed by atoms with Gasteiger partial charge in [0.05, 0.1) is 18.8 Å². The van der Waals surface area contributed by atoms with Gasteiger partial charge in [-0.05, 0) is 42.8 Å². The average molecular weight is 417 g/mol. The van der Waals surface area contributed by atoms with Crippen molar-refractivity contribution in [3.63, 3.8) is 0 Å². The Bertz CT molecular complexity index is 1100. The smallest absolute Gasteiger partial charge is 0.265 e. The molecular weight excluding hydrogens is 394 g/mol. The number of rotatable bonds is 6. The summed E-state index contributed by atoms with van der Waals surface area (Å²) in [4.78, 5) is 26.7. The number of hydrogen-bond acceptors (Lipinski definition) is 5. The van der Waals surface area contributed by atoms with Crippen molar-refractivity contribution in [1.29, 1.82) is 0 Å². The van der Waals surface area contributed by atoms with Crippen LogP contribution in [-0.4, -0.2) is 32.0 Å². The van der Waals surface area contributed by atoms with Crippen LogP contribution in [0.15, 0.2) is 72.8 Å². The maximum atomic E-state index is 13.3. The number of carbonyl (C=O) groups is 2. The molecule has 3 aromatic rings. The molecule has 1 aliphatic rings. The number of ketones is 1. The SMILES string of the molecule is COc1cc(C(C)=O)ccc1OCC(=O)N1c2ccccc2OCC1c1ccccc1. The third kappa shape index (κ3) is 4.23. The quantitative estimate of drug-likeness (QED) is 0.555. The lowest BCUT2D eigenvalue weighted by Gasteiger charge is -2.37. The molecule has 0 N–H and O–H groups in total. The third-order valence-corrected chi connectivity index (χ3v) is 5.21. The first-order valence-corrected chi connectivity index (χ1v) is 9.99. The van der Waals surface area contributed by atoms with E-state index in [9.17, 15) is 9.59 Å².